The molecule has 0 fully saturated rings. The van der Waals surface area contributed by atoms with Gasteiger partial charge in [-0.25, -0.2) is 4.79 Å². The lowest BCUT2D eigenvalue weighted by molar-refractivity contribution is 0.0563. The van der Waals surface area contributed by atoms with E-state index in [1.54, 1.807) is 12.1 Å². The van der Waals surface area contributed by atoms with E-state index in [1.165, 1.54) is 41.3 Å². The first-order valence-corrected chi connectivity index (χ1v) is 9.33. The Morgan fingerprint density at radius 2 is 2.12 bits per heavy atom. The minimum Gasteiger partial charge on any atom is -0.463 e. The maximum absolute atomic E-state index is 11.4. The molecule has 0 saturated carbocycles. The van der Waals surface area contributed by atoms with Gasteiger partial charge in [0.15, 0.2) is 4.34 Å². The van der Waals surface area contributed by atoms with Crippen LogP contribution in [0.2, 0.25) is 0 Å². The molecule has 8 heteroatoms. The Kier molecular flexibility index (Phi) is 5.40. The predicted molar refractivity (Wildman–Crippen MR) is 98.7 cm³/mol. The van der Waals surface area contributed by atoms with Gasteiger partial charge in [0.2, 0.25) is 10.9 Å². The van der Waals surface area contributed by atoms with Gasteiger partial charge in [-0.2, -0.15) is 0 Å². The van der Waals surface area contributed by atoms with Gasteiger partial charge in [0.25, 0.3) is 0 Å². The zero-order valence-electron chi connectivity index (χ0n) is 14.0. The normalized spacial score (nSPS) is 10.7. The molecule has 0 bridgehead atoms. The first kappa shape index (κ1) is 17.5. The molecule has 0 spiro atoms. The van der Waals surface area contributed by atoms with Gasteiger partial charge in [-0.1, -0.05) is 35.2 Å². The second-order valence-electron chi connectivity index (χ2n) is 5.29. The predicted octanol–water partition coefficient (Wildman–Crippen LogP) is 4.57. The molecule has 0 atom stereocenters. The molecule has 0 unspecified atom stereocenters. The summed E-state index contributed by atoms with van der Waals surface area (Å²) in [4.78, 5) is 11.4. The summed E-state index contributed by atoms with van der Waals surface area (Å²) in [5, 5.41) is 12.4. The lowest BCUT2D eigenvalue weighted by Crippen LogP contribution is -1.98. The molecule has 3 rings (SSSR count). The Morgan fingerprint density at radius 3 is 2.92 bits per heavy atom. The molecule has 0 aliphatic heterocycles. The molecular weight excluding hydrogens is 358 g/mol. The SMILES string of the molecule is COC(=O)c1ccc(CSc2nnc(Nc3cccc(C)c3C)s2)o1. The van der Waals surface area contributed by atoms with Crippen molar-refractivity contribution in [3.8, 4) is 0 Å². The van der Waals surface area contributed by atoms with Crippen LogP contribution in [0, 0.1) is 13.8 Å². The fourth-order valence-corrected chi connectivity index (χ4v) is 3.78. The molecule has 2 heterocycles. The maximum Gasteiger partial charge on any atom is 0.373 e. The van der Waals surface area contributed by atoms with Gasteiger partial charge in [-0.3, -0.25) is 0 Å². The van der Waals surface area contributed by atoms with E-state index in [1.807, 2.05) is 12.1 Å². The van der Waals surface area contributed by atoms with E-state index in [2.05, 4.69) is 40.2 Å². The van der Waals surface area contributed by atoms with E-state index in [0.717, 1.165) is 15.2 Å². The zero-order chi connectivity index (χ0) is 17.8. The Hall–Kier alpha value is -2.32. The molecule has 2 aromatic heterocycles. The van der Waals surface area contributed by atoms with Gasteiger partial charge in [-0.05, 0) is 43.2 Å². The molecule has 0 amide bonds. The van der Waals surface area contributed by atoms with Crippen LogP contribution < -0.4 is 5.32 Å². The number of furan rings is 1. The highest BCUT2D eigenvalue weighted by Crippen LogP contribution is 2.31. The summed E-state index contributed by atoms with van der Waals surface area (Å²) in [6.07, 6.45) is 0. The third kappa shape index (κ3) is 4.21. The summed E-state index contributed by atoms with van der Waals surface area (Å²) >= 11 is 2.98. The number of benzene rings is 1. The standard InChI is InChI=1S/C17H17N3O3S2/c1-10-5-4-6-13(11(10)2)18-16-19-20-17(25-16)24-9-12-7-8-14(23-12)15(21)22-3/h4-8H,9H2,1-3H3,(H,18,19). The number of aromatic nitrogens is 2. The number of carbonyl (C=O) groups is 1. The highest BCUT2D eigenvalue weighted by Gasteiger charge is 2.12. The fourth-order valence-electron chi connectivity index (χ4n) is 2.12. The molecular formula is C17H17N3O3S2. The molecule has 0 saturated heterocycles. The Bertz CT molecular complexity index is 889. The van der Waals surface area contributed by atoms with Crippen LogP contribution in [0.3, 0.4) is 0 Å². The number of nitrogens with one attached hydrogen (secondary N) is 1. The second kappa shape index (κ2) is 7.71. The summed E-state index contributed by atoms with van der Waals surface area (Å²) in [5.74, 6) is 0.971. The monoisotopic (exact) mass is 375 g/mol. The van der Waals surface area contributed by atoms with Crippen molar-refractivity contribution in [3.63, 3.8) is 0 Å². The van der Waals surface area contributed by atoms with Crippen LogP contribution in [-0.4, -0.2) is 23.3 Å². The molecule has 0 radical (unpaired) electrons. The number of rotatable bonds is 6. The van der Waals surface area contributed by atoms with Gasteiger partial charge in [0.1, 0.15) is 5.76 Å². The van der Waals surface area contributed by atoms with Crippen LogP contribution in [0.5, 0.6) is 0 Å². The van der Waals surface area contributed by atoms with Crippen molar-refractivity contribution in [2.75, 3.05) is 12.4 Å². The second-order valence-corrected chi connectivity index (χ2v) is 7.49. The molecule has 6 nitrogen and oxygen atoms in total. The topological polar surface area (TPSA) is 77.2 Å². The third-order valence-electron chi connectivity index (χ3n) is 3.64. The Labute approximate surface area is 153 Å². The molecule has 130 valence electrons. The van der Waals surface area contributed by atoms with Gasteiger partial charge in [-0.15, -0.1) is 10.2 Å². The molecule has 1 N–H and O–H groups in total. The third-order valence-corrected chi connectivity index (χ3v) is 5.63. The van der Waals surface area contributed by atoms with E-state index in [0.29, 0.717) is 11.5 Å². The number of aryl methyl sites for hydroxylation is 1. The lowest BCUT2D eigenvalue weighted by Gasteiger charge is -2.08. The van der Waals surface area contributed by atoms with E-state index in [-0.39, 0.29) is 5.76 Å². The van der Waals surface area contributed by atoms with Gasteiger partial charge in [0, 0.05) is 5.69 Å². The van der Waals surface area contributed by atoms with Crippen molar-refractivity contribution < 1.29 is 13.9 Å². The quantitative estimate of drug-likeness (QED) is 0.499. The van der Waals surface area contributed by atoms with E-state index >= 15 is 0 Å². The number of methoxy groups -OCH3 is 1. The number of esters is 1. The van der Waals surface area contributed by atoms with E-state index in [4.69, 9.17) is 4.42 Å². The number of hydrogen-bond acceptors (Lipinski definition) is 8. The van der Waals surface area contributed by atoms with Crippen molar-refractivity contribution in [1.29, 1.82) is 0 Å². The smallest absolute Gasteiger partial charge is 0.373 e. The largest absolute Gasteiger partial charge is 0.463 e. The summed E-state index contributed by atoms with van der Waals surface area (Å²) in [6, 6.07) is 9.48. The number of hydrogen-bond donors (Lipinski definition) is 1. The highest BCUT2D eigenvalue weighted by atomic mass is 32.2. The van der Waals surface area contributed by atoms with Crippen molar-refractivity contribution in [3.05, 3.63) is 53.0 Å². The van der Waals surface area contributed by atoms with Crippen molar-refractivity contribution >= 4 is 39.9 Å². The summed E-state index contributed by atoms with van der Waals surface area (Å²) in [5.41, 5.74) is 3.45. The van der Waals surface area contributed by atoms with Gasteiger partial charge < -0.3 is 14.5 Å². The minimum atomic E-state index is -0.479. The van der Waals surface area contributed by atoms with Crippen LogP contribution in [0.1, 0.15) is 27.4 Å². The average Bonchev–Trinajstić information content (AvgIpc) is 3.26. The Morgan fingerprint density at radius 1 is 1.28 bits per heavy atom. The van der Waals surface area contributed by atoms with Crippen LogP contribution in [-0.2, 0) is 10.5 Å². The summed E-state index contributed by atoms with van der Waals surface area (Å²) < 4.78 is 10.9. The number of thioether (sulfide) groups is 1. The van der Waals surface area contributed by atoms with E-state index < -0.39 is 5.97 Å². The molecule has 1 aromatic carbocycles. The molecule has 0 aliphatic carbocycles. The fraction of sp³-hybridized carbons (Fsp3) is 0.235. The van der Waals surface area contributed by atoms with Crippen molar-refractivity contribution in [2.45, 2.75) is 23.9 Å². The van der Waals surface area contributed by atoms with E-state index in [9.17, 15) is 4.79 Å². The van der Waals surface area contributed by atoms with Crippen molar-refractivity contribution in [1.82, 2.24) is 10.2 Å². The van der Waals surface area contributed by atoms with Gasteiger partial charge >= 0.3 is 5.97 Å². The number of nitrogens with zero attached hydrogens (tertiary/aromatic N) is 2. The zero-order valence-corrected chi connectivity index (χ0v) is 15.7. The number of anilines is 2. The van der Waals surface area contributed by atoms with Crippen LogP contribution in [0.4, 0.5) is 10.8 Å². The minimum absolute atomic E-state index is 0.202. The van der Waals surface area contributed by atoms with Gasteiger partial charge in [0.05, 0.1) is 12.9 Å². The first-order chi connectivity index (χ1) is 12.1. The van der Waals surface area contributed by atoms with Crippen LogP contribution in [0.15, 0.2) is 39.1 Å². The maximum atomic E-state index is 11.4. The van der Waals surface area contributed by atoms with Crippen molar-refractivity contribution in [2.24, 2.45) is 0 Å². The summed E-state index contributed by atoms with van der Waals surface area (Å²) in [6.45, 7) is 4.15. The number of carbonyl (C=O) groups excluding carboxylic acids is 1. The highest BCUT2D eigenvalue weighted by molar-refractivity contribution is 8.00. The molecule has 3 aromatic rings. The summed E-state index contributed by atoms with van der Waals surface area (Å²) in [7, 11) is 1.32. The van der Waals surface area contributed by atoms with Crippen LogP contribution in [0.25, 0.3) is 0 Å². The molecule has 0 aliphatic rings. The Balaban J connectivity index is 1.61. The van der Waals surface area contributed by atoms with Crippen LogP contribution >= 0.6 is 23.1 Å². The first-order valence-electron chi connectivity index (χ1n) is 7.53. The lowest BCUT2D eigenvalue weighted by atomic mass is 10.1. The molecule has 25 heavy (non-hydrogen) atoms. The average molecular weight is 375 g/mol. The number of ether oxygens (including phenoxy) is 1.